The molecule has 0 saturated carbocycles. The Bertz CT molecular complexity index is 943. The molecule has 1 aromatic rings. The minimum absolute atomic E-state index is 0.222. The van der Waals surface area contributed by atoms with Gasteiger partial charge in [-0.15, -0.1) is 13.2 Å². The Kier molecular flexibility index (Phi) is 21.1. The third-order valence-corrected chi connectivity index (χ3v) is 5.17. The molecule has 0 aliphatic carbocycles. The molecule has 0 aliphatic rings. The fraction of sp³-hybridized carbons (Fsp3) is 0.467. The lowest BCUT2D eigenvalue weighted by atomic mass is 10.0. The Morgan fingerprint density at radius 1 is 0.732 bits per heavy atom. The number of carboxylic acid groups (broad SMARTS) is 1. The largest absolute Gasteiger partial charge is 0.489 e. The summed E-state index contributed by atoms with van der Waals surface area (Å²) in [4.78, 5) is 42.2. The van der Waals surface area contributed by atoms with Gasteiger partial charge in [0.1, 0.15) is 13.2 Å². The fourth-order valence-electron chi connectivity index (χ4n) is 3.24. The van der Waals surface area contributed by atoms with Crippen molar-refractivity contribution in [2.24, 2.45) is 0 Å². The van der Waals surface area contributed by atoms with Crippen molar-refractivity contribution < 1.29 is 53.5 Å². The highest BCUT2D eigenvalue weighted by Gasteiger charge is 2.16. The summed E-state index contributed by atoms with van der Waals surface area (Å²) in [5, 5.41) is 13.8. The molecule has 228 valence electrons. The molecule has 0 bridgehead atoms. The van der Waals surface area contributed by atoms with Gasteiger partial charge in [-0.3, -0.25) is 0 Å². The summed E-state index contributed by atoms with van der Waals surface area (Å²) in [5.74, 6) is -0.559. The molecule has 1 aromatic carbocycles. The van der Waals surface area contributed by atoms with E-state index in [2.05, 4.69) is 24.8 Å². The van der Waals surface area contributed by atoms with E-state index in [0.717, 1.165) is 24.1 Å². The van der Waals surface area contributed by atoms with Crippen LogP contribution >= 0.6 is 0 Å². The molecule has 0 saturated heterocycles. The number of carbonyl (C=O) groups is 2. The lowest BCUT2D eigenvalue weighted by Gasteiger charge is -2.19. The second-order valence-corrected chi connectivity index (χ2v) is 8.44. The molecule has 0 atom stereocenters. The predicted molar refractivity (Wildman–Crippen MR) is 152 cm³/mol. The van der Waals surface area contributed by atoms with Gasteiger partial charge in [-0.1, -0.05) is 35.9 Å². The van der Waals surface area contributed by atoms with E-state index in [-0.39, 0.29) is 13.2 Å². The summed E-state index contributed by atoms with van der Waals surface area (Å²) in [5.41, 5.74) is 1.48. The van der Waals surface area contributed by atoms with E-state index < -0.39 is 11.9 Å². The minimum atomic E-state index is -1.08. The van der Waals surface area contributed by atoms with Crippen molar-refractivity contribution in [1.82, 2.24) is 0 Å². The van der Waals surface area contributed by atoms with E-state index >= 15 is 0 Å². The van der Waals surface area contributed by atoms with Crippen molar-refractivity contribution in [2.45, 2.75) is 44.9 Å². The quantitative estimate of drug-likeness (QED) is 0.0362. The van der Waals surface area contributed by atoms with Crippen LogP contribution in [0, 0.1) is 0 Å². The molecule has 1 N–H and O–H groups in total. The van der Waals surface area contributed by atoms with Gasteiger partial charge in [-0.2, -0.15) is 0 Å². The van der Waals surface area contributed by atoms with Gasteiger partial charge in [0.15, 0.2) is 11.5 Å². The number of aliphatic carboxylic acids is 1. The number of benzene rings is 1. The van der Waals surface area contributed by atoms with Gasteiger partial charge in [0.25, 0.3) is 0 Å². The van der Waals surface area contributed by atoms with Crippen LogP contribution in [0.25, 0.3) is 6.08 Å². The third kappa shape index (κ3) is 17.7. The molecule has 0 amide bonds. The fourth-order valence-corrected chi connectivity index (χ4v) is 3.24. The first kappa shape index (κ1) is 35.5. The molecule has 11 nitrogen and oxygen atoms in total. The number of carbonyl (C=O) groups excluding carboxylic acids is 1. The van der Waals surface area contributed by atoms with Crippen LogP contribution < -0.4 is 9.47 Å². The van der Waals surface area contributed by atoms with Crippen LogP contribution in [0.1, 0.15) is 49.7 Å². The van der Waals surface area contributed by atoms with E-state index in [1.165, 1.54) is 6.08 Å². The van der Waals surface area contributed by atoms with Crippen LogP contribution in [0.15, 0.2) is 56.2 Å². The molecule has 0 unspecified atom stereocenters. The van der Waals surface area contributed by atoms with Gasteiger partial charge >= 0.3 is 11.9 Å². The number of hydrogen-bond acceptors (Lipinski definition) is 10. The summed E-state index contributed by atoms with van der Waals surface area (Å²) in [6, 6.07) is 3.70. The van der Waals surface area contributed by atoms with Crippen LogP contribution in [-0.2, 0) is 45.3 Å². The smallest absolute Gasteiger partial charge is 0.330 e. The molecule has 0 fully saturated rings. The zero-order chi connectivity index (χ0) is 30.0. The van der Waals surface area contributed by atoms with Crippen LogP contribution in [0.2, 0.25) is 0 Å². The van der Waals surface area contributed by atoms with Crippen molar-refractivity contribution in [3.8, 4) is 11.5 Å². The zero-order valence-electron chi connectivity index (χ0n) is 23.6. The number of rotatable bonds is 27. The molecule has 1 rings (SSSR count). The van der Waals surface area contributed by atoms with Crippen molar-refractivity contribution in [2.75, 3.05) is 46.2 Å². The number of unbranched alkanes of at least 4 members (excludes halogenated alkanes) is 3. The van der Waals surface area contributed by atoms with Gasteiger partial charge < -0.3 is 19.3 Å². The average molecular weight is 579 g/mol. The van der Waals surface area contributed by atoms with Gasteiger partial charge in [-0.05, 0) is 56.6 Å². The Hall–Kier alpha value is -3.48. The van der Waals surface area contributed by atoms with Crippen LogP contribution in [0.5, 0.6) is 11.5 Å². The van der Waals surface area contributed by atoms with Crippen molar-refractivity contribution in [1.29, 1.82) is 0 Å². The Labute approximate surface area is 241 Å². The highest BCUT2D eigenvalue weighted by Crippen LogP contribution is 2.37. The highest BCUT2D eigenvalue weighted by atomic mass is 17.5. The molecule has 0 heterocycles. The Balaban J connectivity index is 2.92. The van der Waals surface area contributed by atoms with Gasteiger partial charge in [0.05, 0.1) is 33.0 Å². The van der Waals surface area contributed by atoms with Crippen LogP contribution in [-0.4, -0.2) is 63.3 Å². The van der Waals surface area contributed by atoms with Crippen molar-refractivity contribution in [3.05, 3.63) is 67.3 Å². The maximum atomic E-state index is 11.2. The van der Waals surface area contributed by atoms with E-state index in [0.29, 0.717) is 88.6 Å². The number of ether oxygens (including phenoxy) is 3. The number of carboxylic acids is 1. The van der Waals surface area contributed by atoms with E-state index in [1.807, 2.05) is 6.07 Å². The van der Waals surface area contributed by atoms with Gasteiger partial charge in [0, 0.05) is 17.7 Å². The number of aryl methyl sites for hydroxylation is 1. The molecule has 0 aliphatic heterocycles. The number of esters is 1. The summed E-state index contributed by atoms with van der Waals surface area (Å²) >= 11 is 0. The first-order valence-electron chi connectivity index (χ1n) is 13.5. The molecular formula is C30H42O11. The van der Waals surface area contributed by atoms with Crippen LogP contribution in [0.3, 0.4) is 0 Å². The molecule has 0 radical (unpaired) electrons. The summed E-state index contributed by atoms with van der Waals surface area (Å²) in [6.45, 7) is 12.7. The minimum Gasteiger partial charge on any atom is -0.489 e. The van der Waals surface area contributed by atoms with E-state index in [1.54, 1.807) is 18.2 Å². The first-order valence-corrected chi connectivity index (χ1v) is 13.5. The van der Waals surface area contributed by atoms with Crippen molar-refractivity contribution in [3.63, 3.8) is 0 Å². The highest BCUT2D eigenvalue weighted by molar-refractivity contribution is 5.86. The normalized spacial score (nSPS) is 10.8. The van der Waals surface area contributed by atoms with Gasteiger partial charge in [0.2, 0.25) is 0 Å². The monoisotopic (exact) mass is 578 g/mol. The Morgan fingerprint density at radius 2 is 1.37 bits per heavy atom. The average Bonchev–Trinajstić information content (AvgIpc) is 2.97. The maximum absolute atomic E-state index is 11.2. The molecule has 11 heteroatoms. The standard InChI is InChI=1S/C30H42O11/c1-4-18-37-38-23-12-11-22-35-29-25(13-7-8-24-40-41-39-19-5-2)14-15-26(16-17-27(31)32)30(29)36-21-10-9-20-34-28(33)6-3/h4-6,14-17H,1-3,7-13,18-24H2,(H,31,32). The lowest BCUT2D eigenvalue weighted by Crippen LogP contribution is -2.09. The van der Waals surface area contributed by atoms with E-state index in [9.17, 15) is 9.59 Å². The second-order valence-electron chi connectivity index (χ2n) is 8.44. The molecule has 41 heavy (non-hydrogen) atoms. The maximum Gasteiger partial charge on any atom is 0.330 e. The van der Waals surface area contributed by atoms with Gasteiger partial charge in [-0.25, -0.2) is 29.1 Å². The lowest BCUT2D eigenvalue weighted by molar-refractivity contribution is -0.509. The van der Waals surface area contributed by atoms with Crippen molar-refractivity contribution >= 4 is 18.0 Å². The predicted octanol–water partition coefficient (Wildman–Crippen LogP) is 5.35. The Morgan fingerprint density at radius 3 is 2.07 bits per heavy atom. The molecule has 0 spiro atoms. The topological polar surface area (TPSA) is 128 Å². The van der Waals surface area contributed by atoms with Crippen LogP contribution in [0.4, 0.5) is 0 Å². The zero-order valence-corrected chi connectivity index (χ0v) is 23.6. The summed E-state index contributed by atoms with van der Waals surface area (Å²) in [6.07, 6.45) is 11.5. The van der Waals surface area contributed by atoms with E-state index in [4.69, 9.17) is 38.9 Å². The summed E-state index contributed by atoms with van der Waals surface area (Å²) in [7, 11) is 0. The summed E-state index contributed by atoms with van der Waals surface area (Å²) < 4.78 is 17.3. The SMILES string of the molecule is C=CCOOCCCCOc1c(CCCCOOOCC=C)ccc(C=CC(=O)O)c1OCCCCOC(=O)C=C. The number of hydrogen-bond donors (Lipinski definition) is 1. The first-order chi connectivity index (χ1) is 20.0. The third-order valence-electron chi connectivity index (χ3n) is 5.17. The molecular weight excluding hydrogens is 536 g/mol. The molecule has 0 aromatic heterocycles. The second kappa shape index (κ2) is 24.3.